The van der Waals surface area contributed by atoms with Gasteiger partial charge in [0.2, 0.25) is 10.0 Å². The lowest BCUT2D eigenvalue weighted by Crippen LogP contribution is -2.49. The van der Waals surface area contributed by atoms with Gasteiger partial charge in [0.15, 0.2) is 9.34 Å². The highest BCUT2D eigenvalue weighted by molar-refractivity contribution is 7.91. The van der Waals surface area contributed by atoms with Gasteiger partial charge >= 0.3 is 6.03 Å². The molecule has 180 valence electrons. The predicted molar refractivity (Wildman–Crippen MR) is 131 cm³/mol. The van der Waals surface area contributed by atoms with Crippen molar-refractivity contribution in [3.8, 4) is 17.2 Å². The number of sulfonamides is 1. The average Bonchev–Trinajstić information content (AvgIpc) is 3.53. The zero-order valence-electron chi connectivity index (χ0n) is 18.9. The minimum Gasteiger partial charge on any atom is -0.294 e. The van der Waals surface area contributed by atoms with E-state index in [-0.39, 0.29) is 26.9 Å². The second-order valence-electron chi connectivity index (χ2n) is 8.79. The summed E-state index contributed by atoms with van der Waals surface area (Å²) >= 11 is 0.875. The standard InChI is InChI=1S/C24H22FN5O3S2/c1-15-21(35(27,32)33)34-22(28-15)30-12-2-11-29(23(30)31)18-6-3-16(4-7-18)19-13-17(5-8-20(19)25)24(14-26)9-10-24/h3-8,13H,2,9-12H2,1H3,(H2,27,32,33). The van der Waals surface area contributed by atoms with Crippen LogP contribution in [0.3, 0.4) is 0 Å². The van der Waals surface area contributed by atoms with E-state index < -0.39 is 15.4 Å². The van der Waals surface area contributed by atoms with Gasteiger partial charge in [0.1, 0.15) is 5.82 Å². The highest BCUT2D eigenvalue weighted by Gasteiger charge is 2.45. The van der Waals surface area contributed by atoms with E-state index in [1.165, 1.54) is 11.0 Å². The Morgan fingerprint density at radius 3 is 2.43 bits per heavy atom. The van der Waals surface area contributed by atoms with Crippen LogP contribution in [0.1, 0.15) is 30.5 Å². The number of hydrogen-bond donors (Lipinski definition) is 1. The first-order chi connectivity index (χ1) is 16.6. The van der Waals surface area contributed by atoms with Gasteiger partial charge in [-0.3, -0.25) is 9.80 Å². The average molecular weight is 512 g/mol. The van der Waals surface area contributed by atoms with Crippen molar-refractivity contribution < 1.29 is 17.6 Å². The maximum atomic E-state index is 14.6. The Bertz CT molecular complexity index is 1470. The van der Waals surface area contributed by atoms with E-state index in [9.17, 15) is 22.9 Å². The van der Waals surface area contributed by atoms with Crippen molar-refractivity contribution in [1.82, 2.24) is 4.98 Å². The van der Waals surface area contributed by atoms with Gasteiger partial charge in [-0.05, 0) is 61.6 Å². The molecule has 8 nitrogen and oxygen atoms in total. The van der Waals surface area contributed by atoms with E-state index in [1.54, 1.807) is 48.2 Å². The highest BCUT2D eigenvalue weighted by atomic mass is 32.2. The molecule has 2 fully saturated rings. The Morgan fingerprint density at radius 2 is 1.83 bits per heavy atom. The molecule has 1 aliphatic heterocycles. The summed E-state index contributed by atoms with van der Waals surface area (Å²) in [6, 6.07) is 13.8. The molecule has 2 heterocycles. The van der Waals surface area contributed by atoms with Crippen LogP contribution in [0.25, 0.3) is 11.1 Å². The van der Waals surface area contributed by atoms with E-state index in [0.717, 1.165) is 29.7 Å². The van der Waals surface area contributed by atoms with Crippen molar-refractivity contribution in [3.05, 3.63) is 59.5 Å². The van der Waals surface area contributed by atoms with E-state index in [2.05, 4.69) is 11.1 Å². The monoisotopic (exact) mass is 511 g/mol. The lowest BCUT2D eigenvalue weighted by molar-refractivity contribution is 0.248. The van der Waals surface area contributed by atoms with Crippen LogP contribution in [0.5, 0.6) is 0 Å². The SMILES string of the molecule is Cc1nc(N2CCCN(c3ccc(-c4cc(C5(C#N)CC5)ccc4F)cc3)C2=O)sc1S(N)(=O)=O. The smallest absolute Gasteiger partial charge is 0.294 e. The van der Waals surface area contributed by atoms with Crippen LogP contribution in [0, 0.1) is 24.1 Å². The lowest BCUT2D eigenvalue weighted by atomic mass is 9.93. The number of amides is 2. The molecule has 2 aromatic carbocycles. The third-order valence-electron chi connectivity index (χ3n) is 6.43. The first-order valence-corrected chi connectivity index (χ1v) is 13.4. The summed E-state index contributed by atoms with van der Waals surface area (Å²) in [5.74, 6) is -0.375. The molecule has 2 amide bonds. The maximum Gasteiger partial charge on any atom is 0.330 e. The molecular formula is C24H22FN5O3S2. The Labute approximate surface area is 206 Å². The van der Waals surface area contributed by atoms with Crippen LogP contribution in [-0.4, -0.2) is 32.5 Å². The molecular weight excluding hydrogens is 489 g/mol. The van der Waals surface area contributed by atoms with Gasteiger partial charge in [-0.25, -0.2) is 27.7 Å². The molecule has 0 spiro atoms. The number of anilines is 2. The maximum absolute atomic E-state index is 14.6. The Morgan fingerprint density at radius 1 is 1.14 bits per heavy atom. The molecule has 2 aliphatic rings. The molecule has 1 aliphatic carbocycles. The van der Waals surface area contributed by atoms with Crippen LogP contribution in [0.15, 0.2) is 46.7 Å². The number of urea groups is 1. The van der Waals surface area contributed by atoms with Gasteiger partial charge in [0.25, 0.3) is 0 Å². The molecule has 2 N–H and O–H groups in total. The minimum absolute atomic E-state index is 0.0598. The third kappa shape index (κ3) is 4.18. The van der Waals surface area contributed by atoms with Crippen molar-refractivity contribution in [2.45, 2.75) is 35.8 Å². The van der Waals surface area contributed by atoms with Gasteiger partial charge in [0.05, 0.1) is 17.2 Å². The number of rotatable bonds is 5. The van der Waals surface area contributed by atoms with E-state index in [4.69, 9.17) is 5.14 Å². The van der Waals surface area contributed by atoms with E-state index in [0.29, 0.717) is 36.3 Å². The number of thiazole rings is 1. The third-order valence-corrected chi connectivity index (χ3v) is 9.16. The number of halogens is 1. The van der Waals surface area contributed by atoms with Gasteiger partial charge in [-0.15, -0.1) is 0 Å². The molecule has 0 atom stereocenters. The number of nitrogens with zero attached hydrogens (tertiary/aromatic N) is 4. The highest BCUT2D eigenvalue weighted by Crippen LogP contribution is 2.48. The summed E-state index contributed by atoms with van der Waals surface area (Å²) in [5.41, 5.74) is 2.27. The van der Waals surface area contributed by atoms with Crippen molar-refractivity contribution >= 4 is 38.2 Å². The summed E-state index contributed by atoms with van der Waals surface area (Å²) in [5, 5.41) is 15.0. The predicted octanol–water partition coefficient (Wildman–Crippen LogP) is 4.30. The van der Waals surface area contributed by atoms with Gasteiger partial charge in [-0.2, -0.15) is 5.26 Å². The number of aromatic nitrogens is 1. The van der Waals surface area contributed by atoms with Crippen LogP contribution in [0.4, 0.5) is 20.0 Å². The molecule has 1 saturated carbocycles. The van der Waals surface area contributed by atoms with Crippen LogP contribution in [0.2, 0.25) is 0 Å². The molecule has 0 unspecified atom stereocenters. The lowest BCUT2D eigenvalue weighted by Gasteiger charge is -2.34. The normalized spacial score (nSPS) is 17.4. The fraction of sp³-hybridized carbons (Fsp3) is 0.292. The van der Waals surface area contributed by atoms with Crippen molar-refractivity contribution in [2.24, 2.45) is 5.14 Å². The Balaban J connectivity index is 1.41. The Kier molecular flexibility index (Phi) is 5.62. The second-order valence-corrected chi connectivity index (χ2v) is 11.5. The van der Waals surface area contributed by atoms with E-state index >= 15 is 0 Å². The number of carbonyl (C=O) groups is 1. The fourth-order valence-electron chi connectivity index (χ4n) is 4.34. The first-order valence-electron chi connectivity index (χ1n) is 11.0. The number of hydrogen-bond acceptors (Lipinski definition) is 6. The second kappa shape index (κ2) is 8.41. The van der Waals surface area contributed by atoms with Gasteiger partial charge in [0, 0.05) is 24.3 Å². The largest absolute Gasteiger partial charge is 0.330 e. The summed E-state index contributed by atoms with van der Waals surface area (Å²) in [6.45, 7) is 2.43. The molecule has 5 rings (SSSR count). The van der Waals surface area contributed by atoms with Gasteiger partial charge < -0.3 is 0 Å². The van der Waals surface area contributed by atoms with Crippen molar-refractivity contribution in [2.75, 3.05) is 22.9 Å². The quantitative estimate of drug-likeness (QED) is 0.548. The zero-order valence-corrected chi connectivity index (χ0v) is 20.5. The summed E-state index contributed by atoms with van der Waals surface area (Å²) < 4.78 is 38.1. The van der Waals surface area contributed by atoms with Crippen LogP contribution < -0.4 is 14.9 Å². The molecule has 3 aromatic rings. The first kappa shape index (κ1) is 23.4. The summed E-state index contributed by atoms with van der Waals surface area (Å²) in [6.07, 6.45) is 2.21. The van der Waals surface area contributed by atoms with Crippen molar-refractivity contribution in [1.29, 1.82) is 5.26 Å². The molecule has 35 heavy (non-hydrogen) atoms. The molecule has 11 heteroatoms. The van der Waals surface area contributed by atoms with Crippen LogP contribution in [-0.2, 0) is 15.4 Å². The number of aryl methyl sites for hydroxylation is 1. The molecule has 1 aromatic heterocycles. The van der Waals surface area contributed by atoms with Crippen LogP contribution >= 0.6 is 11.3 Å². The number of primary sulfonamides is 1. The summed E-state index contributed by atoms with van der Waals surface area (Å²) in [7, 11) is -3.92. The summed E-state index contributed by atoms with van der Waals surface area (Å²) in [4.78, 5) is 20.5. The fourth-order valence-corrected chi connectivity index (χ4v) is 6.31. The molecule has 0 bridgehead atoms. The molecule has 0 radical (unpaired) electrons. The van der Waals surface area contributed by atoms with E-state index in [1.807, 2.05) is 0 Å². The number of benzene rings is 2. The molecule has 1 saturated heterocycles. The topological polar surface area (TPSA) is 120 Å². The minimum atomic E-state index is -3.92. The Hall–Kier alpha value is -3.33. The zero-order chi connectivity index (χ0) is 25.0. The van der Waals surface area contributed by atoms with Crippen molar-refractivity contribution in [3.63, 3.8) is 0 Å². The number of carbonyl (C=O) groups excluding carboxylic acids is 1. The number of nitrogens with two attached hydrogens (primary N) is 1. The van der Waals surface area contributed by atoms with Gasteiger partial charge in [-0.1, -0.05) is 29.5 Å². The number of nitriles is 1.